The van der Waals surface area contributed by atoms with Crippen LogP contribution in [0.25, 0.3) is 0 Å². The lowest BCUT2D eigenvalue weighted by Gasteiger charge is -2.21. The Morgan fingerprint density at radius 2 is 1.59 bits per heavy atom. The zero-order chi connectivity index (χ0) is 13.3. The van der Waals surface area contributed by atoms with Gasteiger partial charge in [-0.2, -0.15) is 13.2 Å². The molecule has 1 aromatic carbocycles. The largest absolute Gasteiger partial charge is 0.425 e. The smallest absolute Gasteiger partial charge is 0.253 e. The number of alkyl halides is 3. The first-order valence-corrected chi connectivity index (χ1v) is 8.90. The van der Waals surface area contributed by atoms with Gasteiger partial charge in [0.15, 0.2) is 0 Å². The van der Waals surface area contributed by atoms with Gasteiger partial charge in [0.2, 0.25) is 0 Å². The molecule has 1 aromatic rings. The van der Waals surface area contributed by atoms with E-state index < -0.39 is 19.6 Å². The maximum absolute atomic E-state index is 12.9. The third kappa shape index (κ3) is 4.16. The van der Waals surface area contributed by atoms with Crippen LogP contribution < -0.4 is 0 Å². The summed E-state index contributed by atoms with van der Waals surface area (Å²) in [6, 6.07) is 6.01. The molecule has 0 atom stereocenters. The number of hydrogen-bond acceptors (Lipinski definition) is 1. The molecule has 1 rings (SSSR count). The Morgan fingerprint density at radius 3 is 1.94 bits per heavy atom. The van der Waals surface area contributed by atoms with E-state index in [2.05, 4.69) is 4.99 Å². The second kappa shape index (κ2) is 4.82. The van der Waals surface area contributed by atoms with E-state index in [0.717, 1.165) is 0 Å². The Hall–Kier alpha value is -0.813. The van der Waals surface area contributed by atoms with E-state index >= 15 is 0 Å². The molecule has 1 nitrogen and oxygen atoms in total. The highest BCUT2D eigenvalue weighted by molar-refractivity contribution is 7.05. The first-order valence-electron chi connectivity index (χ1n) is 5.02. The Kier molecular flexibility index (Phi) is 4.04. The monoisotopic (exact) mass is 279 g/mol. The summed E-state index contributed by atoms with van der Waals surface area (Å²) in [5.41, 5.74) is 0.282. The fourth-order valence-corrected chi connectivity index (χ4v) is 2.74. The molecular weight excluding hydrogens is 267 g/mol. The summed E-state index contributed by atoms with van der Waals surface area (Å²) in [6.45, 7) is 4.86. The minimum atomic E-state index is -4.37. The van der Waals surface area contributed by atoms with Gasteiger partial charge in [0, 0.05) is 5.02 Å². The maximum atomic E-state index is 12.9. The van der Waals surface area contributed by atoms with Crippen LogP contribution in [-0.4, -0.2) is 19.6 Å². The molecule has 0 saturated carbocycles. The van der Waals surface area contributed by atoms with Gasteiger partial charge in [-0.1, -0.05) is 31.2 Å². The number of nitrogens with zero attached hydrogens (tertiary/aromatic N) is 1. The molecule has 0 unspecified atom stereocenters. The van der Waals surface area contributed by atoms with Crippen molar-refractivity contribution in [2.45, 2.75) is 25.8 Å². The molecular formula is C11H13ClF3NSi. The minimum Gasteiger partial charge on any atom is -0.253 e. The van der Waals surface area contributed by atoms with E-state index in [9.17, 15) is 13.2 Å². The Morgan fingerprint density at radius 1 is 1.12 bits per heavy atom. The predicted molar refractivity (Wildman–Crippen MR) is 67.9 cm³/mol. The van der Waals surface area contributed by atoms with Crippen molar-refractivity contribution in [1.29, 1.82) is 0 Å². The van der Waals surface area contributed by atoms with Gasteiger partial charge in [-0.25, -0.2) is 0 Å². The van der Waals surface area contributed by atoms with Crippen molar-refractivity contribution in [1.82, 2.24) is 0 Å². The molecule has 0 amide bonds. The summed E-state index contributed by atoms with van der Waals surface area (Å²) in [6.07, 6.45) is -4.37. The van der Waals surface area contributed by atoms with Gasteiger partial charge in [0.1, 0.15) is 13.4 Å². The van der Waals surface area contributed by atoms with Gasteiger partial charge < -0.3 is 0 Å². The molecule has 0 aliphatic heterocycles. The van der Waals surface area contributed by atoms with Crippen molar-refractivity contribution in [3.8, 4) is 0 Å². The van der Waals surface area contributed by atoms with E-state index in [1.807, 2.05) is 0 Å². The third-order valence-corrected chi connectivity index (χ3v) is 4.11. The molecule has 0 radical (unpaired) electrons. The fourth-order valence-electron chi connectivity index (χ4n) is 1.30. The zero-order valence-corrected chi connectivity index (χ0v) is 11.5. The van der Waals surface area contributed by atoms with E-state index in [0.29, 0.717) is 5.02 Å². The van der Waals surface area contributed by atoms with Crippen LogP contribution in [0.5, 0.6) is 0 Å². The van der Waals surface area contributed by atoms with Gasteiger partial charge in [-0.15, -0.1) is 0 Å². The van der Waals surface area contributed by atoms with Crippen molar-refractivity contribution in [3.63, 3.8) is 0 Å². The molecule has 0 fully saturated rings. The summed E-state index contributed by atoms with van der Waals surface area (Å²) in [5, 5.41) is -0.183. The Labute approximate surface area is 104 Å². The SMILES string of the molecule is C[Si](C)(C)C(=Nc1ccc(Cl)cc1)C(F)(F)F. The predicted octanol–water partition coefficient (Wildman–Crippen LogP) is 4.85. The van der Waals surface area contributed by atoms with Crippen LogP contribution >= 0.6 is 11.6 Å². The summed E-state index contributed by atoms with van der Waals surface area (Å²) >= 11 is 5.67. The van der Waals surface area contributed by atoms with Crippen LogP contribution in [0, 0.1) is 0 Å². The van der Waals surface area contributed by atoms with Gasteiger partial charge >= 0.3 is 6.18 Å². The average molecular weight is 280 g/mol. The van der Waals surface area contributed by atoms with Gasteiger partial charge in [0.25, 0.3) is 0 Å². The Balaban J connectivity index is 3.20. The van der Waals surface area contributed by atoms with E-state index in [1.165, 1.54) is 24.3 Å². The van der Waals surface area contributed by atoms with Gasteiger partial charge in [-0.05, 0) is 24.3 Å². The number of halogens is 4. The zero-order valence-electron chi connectivity index (χ0n) is 9.77. The number of aliphatic imine (C=N–C) groups is 1. The molecule has 94 valence electrons. The standard InChI is InChI=1S/C11H13ClF3NSi/c1-17(2,3)10(11(13,14)15)16-9-6-4-8(12)5-7-9/h4-7H,1-3H3. The lowest BCUT2D eigenvalue weighted by molar-refractivity contribution is -0.0563. The van der Waals surface area contributed by atoms with Crippen molar-refractivity contribution in [2.24, 2.45) is 4.99 Å². The first-order chi connectivity index (χ1) is 7.60. The first kappa shape index (κ1) is 14.2. The molecule has 0 aliphatic rings. The summed E-state index contributed by atoms with van der Waals surface area (Å²) in [4.78, 5) is 3.74. The van der Waals surface area contributed by atoms with Crippen molar-refractivity contribution in [3.05, 3.63) is 29.3 Å². The molecule has 0 heterocycles. The fraction of sp³-hybridized carbons (Fsp3) is 0.364. The van der Waals surface area contributed by atoms with E-state index in [4.69, 9.17) is 11.6 Å². The number of benzene rings is 1. The van der Waals surface area contributed by atoms with Crippen LogP contribution in [0.4, 0.5) is 18.9 Å². The summed E-state index contributed by atoms with van der Waals surface area (Å²) in [5.74, 6) is 0. The number of hydrogen-bond donors (Lipinski definition) is 0. The van der Waals surface area contributed by atoms with Crippen molar-refractivity contribution < 1.29 is 13.2 Å². The van der Waals surface area contributed by atoms with Crippen LogP contribution in [0.2, 0.25) is 24.7 Å². The minimum absolute atomic E-state index is 0.282. The van der Waals surface area contributed by atoms with Crippen LogP contribution in [0.1, 0.15) is 0 Å². The normalized spacial score (nSPS) is 13.9. The van der Waals surface area contributed by atoms with Crippen molar-refractivity contribution in [2.75, 3.05) is 0 Å². The van der Waals surface area contributed by atoms with Crippen LogP contribution in [0.15, 0.2) is 29.3 Å². The molecule has 0 aliphatic carbocycles. The lowest BCUT2D eigenvalue weighted by atomic mass is 10.3. The highest BCUT2D eigenvalue weighted by Crippen LogP contribution is 2.27. The van der Waals surface area contributed by atoms with E-state index in [1.54, 1.807) is 19.6 Å². The van der Waals surface area contributed by atoms with Gasteiger partial charge in [0.05, 0.1) is 5.69 Å². The lowest BCUT2D eigenvalue weighted by Crippen LogP contribution is -2.43. The summed E-state index contributed by atoms with van der Waals surface area (Å²) < 4.78 is 38.6. The second-order valence-corrected chi connectivity index (χ2v) is 10.1. The Bertz CT molecular complexity index is 402. The molecule has 0 saturated heterocycles. The highest BCUT2D eigenvalue weighted by atomic mass is 35.5. The molecule has 6 heteroatoms. The topological polar surface area (TPSA) is 12.4 Å². The van der Waals surface area contributed by atoms with Crippen LogP contribution in [-0.2, 0) is 0 Å². The molecule has 0 bridgehead atoms. The van der Waals surface area contributed by atoms with E-state index in [-0.39, 0.29) is 5.69 Å². The second-order valence-electron chi connectivity index (χ2n) is 4.68. The molecule has 0 aromatic heterocycles. The van der Waals surface area contributed by atoms with Crippen molar-refractivity contribution >= 4 is 30.7 Å². The quantitative estimate of drug-likeness (QED) is 0.542. The molecule has 0 spiro atoms. The van der Waals surface area contributed by atoms with Gasteiger partial charge in [-0.3, -0.25) is 4.99 Å². The summed E-state index contributed by atoms with van der Waals surface area (Å²) in [7, 11) is -2.53. The maximum Gasteiger partial charge on any atom is 0.425 e. The molecule has 0 N–H and O–H groups in total. The third-order valence-electron chi connectivity index (χ3n) is 2.05. The number of rotatable bonds is 2. The molecule has 17 heavy (non-hydrogen) atoms. The average Bonchev–Trinajstić information content (AvgIpc) is 2.13. The van der Waals surface area contributed by atoms with Crippen LogP contribution in [0.3, 0.4) is 0 Å². The highest BCUT2D eigenvalue weighted by Gasteiger charge is 2.43.